The van der Waals surface area contributed by atoms with Gasteiger partial charge in [0.05, 0.1) is 12.6 Å². The molecule has 3 N–H and O–H groups in total. The number of aliphatic hydroxyl groups excluding tert-OH is 1. The molecule has 18 heavy (non-hydrogen) atoms. The molecule has 4 nitrogen and oxygen atoms in total. The van der Waals surface area contributed by atoms with Gasteiger partial charge in [-0.05, 0) is 30.9 Å². The second kappa shape index (κ2) is 5.87. The van der Waals surface area contributed by atoms with E-state index in [0.29, 0.717) is 12.8 Å². The number of hydrogen-bond donors (Lipinski definition) is 2. The number of amides is 1. The summed E-state index contributed by atoms with van der Waals surface area (Å²) in [6.45, 7) is 0.841. The Bertz CT molecular complexity index is 420. The summed E-state index contributed by atoms with van der Waals surface area (Å²) in [4.78, 5) is 13.9. The molecule has 1 amide bonds. The molecule has 1 atom stereocenters. The van der Waals surface area contributed by atoms with E-state index in [1.54, 1.807) is 4.90 Å². The fraction of sp³-hybridized carbons (Fsp3) is 0.500. The molecular formula is C14H20N2O2. The van der Waals surface area contributed by atoms with Crippen LogP contribution in [0.2, 0.25) is 0 Å². The summed E-state index contributed by atoms with van der Waals surface area (Å²) in [6.07, 6.45) is 3.03. The van der Waals surface area contributed by atoms with E-state index in [0.717, 1.165) is 30.6 Å². The average molecular weight is 248 g/mol. The first-order chi connectivity index (χ1) is 8.72. The van der Waals surface area contributed by atoms with Crippen molar-refractivity contribution in [2.45, 2.75) is 31.7 Å². The molecule has 4 heteroatoms. The number of anilines is 1. The lowest BCUT2D eigenvalue weighted by Gasteiger charge is -2.23. The van der Waals surface area contributed by atoms with Crippen LogP contribution in [-0.4, -0.2) is 35.1 Å². The molecule has 1 fully saturated rings. The predicted octanol–water partition coefficient (Wildman–Crippen LogP) is 1.18. The molecule has 1 aliphatic heterocycles. The number of nitrogen functional groups attached to an aromatic ring is 1. The van der Waals surface area contributed by atoms with Gasteiger partial charge in [0.15, 0.2) is 0 Å². The SMILES string of the molecule is Nc1ccccc1CCC(=O)N1CCC[C@H]1CO. The van der Waals surface area contributed by atoms with Crippen molar-refractivity contribution in [2.24, 2.45) is 0 Å². The van der Waals surface area contributed by atoms with Gasteiger partial charge in [0.1, 0.15) is 0 Å². The van der Waals surface area contributed by atoms with Crippen LogP contribution in [0.25, 0.3) is 0 Å². The number of nitrogens with zero attached hydrogens (tertiary/aromatic N) is 1. The molecule has 0 aromatic heterocycles. The molecule has 1 saturated heterocycles. The Balaban J connectivity index is 1.90. The first-order valence-electron chi connectivity index (χ1n) is 6.46. The monoisotopic (exact) mass is 248 g/mol. The number of hydrogen-bond acceptors (Lipinski definition) is 3. The molecule has 1 aromatic carbocycles. The highest BCUT2D eigenvalue weighted by Crippen LogP contribution is 2.19. The highest BCUT2D eigenvalue weighted by Gasteiger charge is 2.27. The van der Waals surface area contributed by atoms with E-state index in [2.05, 4.69) is 0 Å². The van der Waals surface area contributed by atoms with E-state index in [1.165, 1.54) is 0 Å². The summed E-state index contributed by atoms with van der Waals surface area (Å²) < 4.78 is 0. The van der Waals surface area contributed by atoms with E-state index in [-0.39, 0.29) is 18.6 Å². The molecule has 1 aromatic rings. The van der Waals surface area contributed by atoms with Crippen LogP contribution in [0.15, 0.2) is 24.3 Å². The maximum Gasteiger partial charge on any atom is 0.223 e. The molecular weight excluding hydrogens is 228 g/mol. The Labute approximate surface area is 107 Å². The van der Waals surface area contributed by atoms with Crippen molar-refractivity contribution in [1.29, 1.82) is 0 Å². The number of likely N-dealkylation sites (tertiary alicyclic amines) is 1. The van der Waals surface area contributed by atoms with Gasteiger partial charge in [-0.3, -0.25) is 4.79 Å². The first-order valence-corrected chi connectivity index (χ1v) is 6.46. The van der Waals surface area contributed by atoms with Gasteiger partial charge in [-0.15, -0.1) is 0 Å². The van der Waals surface area contributed by atoms with Crippen LogP contribution >= 0.6 is 0 Å². The van der Waals surface area contributed by atoms with Crippen molar-refractivity contribution >= 4 is 11.6 Å². The van der Waals surface area contributed by atoms with Crippen molar-refractivity contribution in [1.82, 2.24) is 4.90 Å². The average Bonchev–Trinajstić information content (AvgIpc) is 2.86. The van der Waals surface area contributed by atoms with E-state index < -0.39 is 0 Å². The minimum Gasteiger partial charge on any atom is -0.399 e. The Morgan fingerprint density at radius 2 is 2.22 bits per heavy atom. The fourth-order valence-corrected chi connectivity index (χ4v) is 2.50. The second-order valence-corrected chi connectivity index (χ2v) is 4.76. The zero-order chi connectivity index (χ0) is 13.0. The normalized spacial score (nSPS) is 19.2. The third-order valence-corrected chi connectivity index (χ3v) is 3.57. The van der Waals surface area contributed by atoms with Gasteiger partial charge < -0.3 is 15.7 Å². The van der Waals surface area contributed by atoms with Crippen LogP contribution in [0, 0.1) is 0 Å². The van der Waals surface area contributed by atoms with Crippen molar-refractivity contribution in [3.8, 4) is 0 Å². The predicted molar refractivity (Wildman–Crippen MR) is 71.0 cm³/mol. The first kappa shape index (κ1) is 12.9. The number of aryl methyl sites for hydroxylation is 1. The van der Waals surface area contributed by atoms with E-state index in [9.17, 15) is 9.90 Å². The number of aliphatic hydroxyl groups is 1. The Morgan fingerprint density at radius 3 is 2.94 bits per heavy atom. The molecule has 98 valence electrons. The minimum absolute atomic E-state index is 0.0191. The molecule has 0 saturated carbocycles. The molecule has 0 spiro atoms. The standard InChI is InChI=1S/C14H20N2O2/c15-13-6-2-1-4-11(13)7-8-14(18)16-9-3-5-12(16)10-17/h1-2,4,6,12,17H,3,5,7-10,15H2/t12-/m0/s1. The van der Waals surface area contributed by atoms with E-state index in [1.807, 2.05) is 24.3 Å². The third-order valence-electron chi connectivity index (χ3n) is 3.57. The topological polar surface area (TPSA) is 66.6 Å². The van der Waals surface area contributed by atoms with Gasteiger partial charge in [0.2, 0.25) is 5.91 Å². The summed E-state index contributed by atoms with van der Waals surface area (Å²) in [5.41, 5.74) is 7.61. The smallest absolute Gasteiger partial charge is 0.223 e. The van der Waals surface area contributed by atoms with Gasteiger partial charge in [0, 0.05) is 18.7 Å². The molecule has 0 unspecified atom stereocenters. The van der Waals surface area contributed by atoms with Crippen LogP contribution in [0.1, 0.15) is 24.8 Å². The third kappa shape index (κ3) is 2.82. The second-order valence-electron chi connectivity index (χ2n) is 4.76. The van der Waals surface area contributed by atoms with Gasteiger partial charge in [-0.25, -0.2) is 0 Å². The molecule has 1 heterocycles. The van der Waals surface area contributed by atoms with Crippen LogP contribution in [0.4, 0.5) is 5.69 Å². The Morgan fingerprint density at radius 1 is 1.44 bits per heavy atom. The lowest BCUT2D eigenvalue weighted by Crippen LogP contribution is -2.37. The lowest BCUT2D eigenvalue weighted by atomic mass is 10.1. The zero-order valence-electron chi connectivity index (χ0n) is 10.5. The number of para-hydroxylation sites is 1. The minimum atomic E-state index is 0.0191. The van der Waals surface area contributed by atoms with Crippen LogP contribution in [0.5, 0.6) is 0 Å². The summed E-state index contributed by atoms with van der Waals surface area (Å²) in [6, 6.07) is 7.65. The maximum atomic E-state index is 12.1. The lowest BCUT2D eigenvalue weighted by molar-refractivity contribution is -0.132. The molecule has 0 bridgehead atoms. The summed E-state index contributed by atoms with van der Waals surface area (Å²) >= 11 is 0. The van der Waals surface area contributed by atoms with Gasteiger partial charge in [-0.1, -0.05) is 18.2 Å². The van der Waals surface area contributed by atoms with Crippen molar-refractivity contribution in [3.05, 3.63) is 29.8 Å². The molecule has 1 aliphatic rings. The van der Waals surface area contributed by atoms with Crippen molar-refractivity contribution in [3.63, 3.8) is 0 Å². The largest absolute Gasteiger partial charge is 0.399 e. The summed E-state index contributed by atoms with van der Waals surface area (Å²) in [5.74, 6) is 0.120. The Hall–Kier alpha value is -1.55. The van der Waals surface area contributed by atoms with Crippen LogP contribution in [-0.2, 0) is 11.2 Å². The molecule has 0 aliphatic carbocycles. The number of carbonyl (C=O) groups is 1. The highest BCUT2D eigenvalue weighted by atomic mass is 16.3. The van der Waals surface area contributed by atoms with Crippen molar-refractivity contribution < 1.29 is 9.90 Å². The molecule has 0 radical (unpaired) electrons. The van der Waals surface area contributed by atoms with Gasteiger partial charge in [0.25, 0.3) is 0 Å². The number of benzene rings is 1. The maximum absolute atomic E-state index is 12.1. The van der Waals surface area contributed by atoms with Crippen molar-refractivity contribution in [2.75, 3.05) is 18.9 Å². The van der Waals surface area contributed by atoms with E-state index >= 15 is 0 Å². The number of carbonyl (C=O) groups excluding carboxylic acids is 1. The van der Waals surface area contributed by atoms with Crippen LogP contribution in [0.3, 0.4) is 0 Å². The number of nitrogens with two attached hydrogens (primary N) is 1. The molecule has 2 rings (SSSR count). The fourth-order valence-electron chi connectivity index (χ4n) is 2.50. The van der Waals surface area contributed by atoms with Gasteiger partial charge in [-0.2, -0.15) is 0 Å². The summed E-state index contributed by atoms with van der Waals surface area (Å²) in [5, 5.41) is 9.20. The quantitative estimate of drug-likeness (QED) is 0.786. The van der Waals surface area contributed by atoms with E-state index in [4.69, 9.17) is 5.73 Å². The Kier molecular flexibility index (Phi) is 4.20. The highest BCUT2D eigenvalue weighted by molar-refractivity contribution is 5.77. The summed E-state index contributed by atoms with van der Waals surface area (Å²) in [7, 11) is 0. The zero-order valence-corrected chi connectivity index (χ0v) is 10.5. The van der Waals surface area contributed by atoms with Gasteiger partial charge >= 0.3 is 0 Å². The van der Waals surface area contributed by atoms with Crippen LogP contribution < -0.4 is 5.73 Å². The number of rotatable bonds is 4.